The number of carboxylic acids is 3. The van der Waals surface area contributed by atoms with Gasteiger partial charge in [-0.3, -0.25) is 14.4 Å². The Morgan fingerprint density at radius 1 is 0.583 bits per heavy atom. The van der Waals surface area contributed by atoms with Gasteiger partial charge in [0.05, 0.1) is 0 Å². The second-order valence-electron chi connectivity index (χ2n) is 5.01. The number of nitrogens with one attached hydrogen (secondary N) is 3. The van der Waals surface area contributed by atoms with Gasteiger partial charge in [0.15, 0.2) is 0 Å². The molecule has 0 spiro atoms. The summed E-state index contributed by atoms with van der Waals surface area (Å²) in [5.41, 5.74) is 9.29. The molecule has 0 amide bonds. The highest BCUT2D eigenvalue weighted by atomic mass is 16.4. The van der Waals surface area contributed by atoms with Crippen LogP contribution in [-0.4, -0.2) is 46.3 Å². The predicted octanol–water partition coefficient (Wildman–Crippen LogP) is 1.60. The average molecular weight is 351 g/mol. The van der Waals surface area contributed by atoms with E-state index in [0.29, 0.717) is 0 Å². The third kappa shape index (κ3) is 71.3. The summed E-state index contributed by atoms with van der Waals surface area (Å²) in [7, 11) is 0. The zero-order valence-corrected chi connectivity index (χ0v) is 14.9. The van der Waals surface area contributed by atoms with Crippen LogP contribution in [0.3, 0.4) is 0 Å². The van der Waals surface area contributed by atoms with Crippen molar-refractivity contribution in [3.8, 4) is 0 Å². The van der Waals surface area contributed by atoms with Gasteiger partial charge in [-0.05, 0) is 12.8 Å². The highest BCUT2D eigenvalue weighted by Crippen LogP contribution is 2.06. The first-order chi connectivity index (χ1) is 11.2. The van der Waals surface area contributed by atoms with Crippen LogP contribution >= 0.6 is 0 Å². The van der Waals surface area contributed by atoms with Crippen LogP contribution in [0.2, 0.25) is 0 Å². The topological polar surface area (TPSA) is 148 Å². The largest absolute Gasteiger partial charge is 0.481 e. The highest BCUT2D eigenvalue weighted by Gasteiger charge is 1.94. The van der Waals surface area contributed by atoms with Crippen molar-refractivity contribution in [3.63, 3.8) is 0 Å². The van der Waals surface area contributed by atoms with Crippen LogP contribution < -0.4 is 16.4 Å². The van der Waals surface area contributed by atoms with Crippen molar-refractivity contribution in [2.24, 2.45) is 0 Å². The van der Waals surface area contributed by atoms with E-state index in [1.54, 1.807) is 0 Å². The standard InChI is InChI=1S/C9H21N3.3C2H4O2/c1-2-4-6-8-10-12-11-9-7-5-3-1;3*1-2(3)4/h10-12H,1-9H2;3*1H3,(H,3,4). The normalized spacial score (nSPS) is 15.1. The smallest absolute Gasteiger partial charge is 0.300 e. The van der Waals surface area contributed by atoms with Gasteiger partial charge < -0.3 is 15.3 Å². The second-order valence-corrected chi connectivity index (χ2v) is 5.01. The molecule has 0 aromatic rings. The monoisotopic (exact) mass is 351 g/mol. The lowest BCUT2D eigenvalue weighted by atomic mass is 10.1. The molecule has 1 fully saturated rings. The van der Waals surface area contributed by atoms with Crippen LogP contribution in [0.1, 0.15) is 65.7 Å². The first-order valence-corrected chi connectivity index (χ1v) is 7.99. The molecule has 24 heavy (non-hydrogen) atoms. The number of carbonyl (C=O) groups is 3. The van der Waals surface area contributed by atoms with Crippen LogP contribution in [0.4, 0.5) is 0 Å². The Morgan fingerprint density at radius 3 is 1.04 bits per heavy atom. The summed E-state index contributed by atoms with van der Waals surface area (Å²) in [6, 6.07) is 0. The summed E-state index contributed by atoms with van der Waals surface area (Å²) in [6.45, 7) is 5.40. The van der Waals surface area contributed by atoms with Crippen molar-refractivity contribution >= 4 is 17.9 Å². The van der Waals surface area contributed by atoms with Crippen molar-refractivity contribution in [2.45, 2.75) is 65.7 Å². The van der Waals surface area contributed by atoms with Gasteiger partial charge in [-0.1, -0.05) is 32.1 Å². The molecule has 0 aliphatic carbocycles. The van der Waals surface area contributed by atoms with E-state index in [2.05, 4.69) is 16.4 Å². The molecule has 144 valence electrons. The van der Waals surface area contributed by atoms with Crippen molar-refractivity contribution in [3.05, 3.63) is 0 Å². The Morgan fingerprint density at radius 2 is 0.792 bits per heavy atom. The summed E-state index contributed by atoms with van der Waals surface area (Å²) >= 11 is 0. The number of aliphatic carboxylic acids is 3. The van der Waals surface area contributed by atoms with E-state index in [4.69, 9.17) is 29.7 Å². The molecule has 1 heterocycles. The summed E-state index contributed by atoms with van der Waals surface area (Å²) in [6.07, 6.45) is 9.56. The molecule has 1 aliphatic heterocycles. The fourth-order valence-corrected chi connectivity index (χ4v) is 1.50. The molecule has 0 radical (unpaired) electrons. The number of hydrazine groups is 2. The van der Waals surface area contributed by atoms with Crippen molar-refractivity contribution in [1.29, 1.82) is 0 Å². The molecule has 0 saturated carbocycles. The maximum atomic E-state index is 9.00. The quantitative estimate of drug-likeness (QED) is 0.383. The fraction of sp³-hybridized carbons (Fsp3) is 0.800. The lowest BCUT2D eigenvalue weighted by molar-refractivity contribution is -0.135. The molecular weight excluding hydrogens is 318 g/mol. The van der Waals surface area contributed by atoms with Gasteiger partial charge in [-0.25, -0.2) is 10.9 Å². The molecule has 0 aromatic heterocycles. The number of hydrogen-bond acceptors (Lipinski definition) is 6. The maximum Gasteiger partial charge on any atom is 0.300 e. The molecule has 9 nitrogen and oxygen atoms in total. The van der Waals surface area contributed by atoms with Crippen molar-refractivity contribution < 1.29 is 29.7 Å². The van der Waals surface area contributed by atoms with Crippen molar-refractivity contribution in [2.75, 3.05) is 13.1 Å². The average Bonchev–Trinajstić information content (AvgIpc) is 2.37. The molecular formula is C15H33N3O6. The zero-order valence-electron chi connectivity index (χ0n) is 14.9. The predicted molar refractivity (Wildman–Crippen MR) is 91.4 cm³/mol. The molecule has 0 aromatic carbocycles. The summed E-state index contributed by atoms with van der Waals surface area (Å²) < 4.78 is 0. The Balaban J connectivity index is -0.000000304. The number of rotatable bonds is 0. The molecule has 6 N–H and O–H groups in total. The lowest BCUT2D eigenvalue weighted by Gasteiger charge is -2.10. The molecule has 0 bridgehead atoms. The molecule has 1 rings (SSSR count). The summed E-state index contributed by atoms with van der Waals surface area (Å²) in [5.74, 6) is -2.50. The Hall–Kier alpha value is -1.71. The molecule has 1 saturated heterocycles. The Labute approximate surface area is 143 Å². The minimum Gasteiger partial charge on any atom is -0.481 e. The minimum atomic E-state index is -0.833. The second kappa shape index (κ2) is 23.6. The maximum absolute atomic E-state index is 9.00. The van der Waals surface area contributed by atoms with Gasteiger partial charge in [0.25, 0.3) is 17.9 Å². The van der Waals surface area contributed by atoms with Gasteiger partial charge >= 0.3 is 0 Å². The van der Waals surface area contributed by atoms with E-state index in [9.17, 15) is 0 Å². The van der Waals surface area contributed by atoms with E-state index in [1.165, 1.54) is 44.9 Å². The summed E-state index contributed by atoms with van der Waals surface area (Å²) in [4.78, 5) is 27.0. The fourth-order valence-electron chi connectivity index (χ4n) is 1.50. The third-order valence-corrected chi connectivity index (χ3v) is 2.28. The van der Waals surface area contributed by atoms with E-state index in [-0.39, 0.29) is 0 Å². The van der Waals surface area contributed by atoms with Gasteiger partial charge in [-0.2, -0.15) is 5.53 Å². The molecule has 9 heteroatoms. The van der Waals surface area contributed by atoms with Crippen molar-refractivity contribution in [1.82, 2.24) is 16.4 Å². The lowest BCUT2D eigenvalue weighted by Crippen LogP contribution is -2.44. The number of carboxylic acid groups (broad SMARTS) is 3. The minimum absolute atomic E-state index is 0.833. The first-order valence-electron chi connectivity index (χ1n) is 7.99. The van der Waals surface area contributed by atoms with Gasteiger partial charge in [0.1, 0.15) is 0 Å². The van der Waals surface area contributed by atoms with Crippen LogP contribution in [0, 0.1) is 0 Å². The van der Waals surface area contributed by atoms with Gasteiger partial charge in [0, 0.05) is 33.9 Å². The Bertz CT molecular complexity index is 230. The number of hydrogen-bond donors (Lipinski definition) is 6. The van der Waals surface area contributed by atoms with E-state index in [1.807, 2.05) is 0 Å². The summed E-state index contributed by atoms with van der Waals surface area (Å²) in [5, 5.41) is 22.2. The SMILES string of the molecule is C1CCCCNNNCCCC1.CC(=O)O.CC(=O)O.CC(=O)O. The molecule has 0 atom stereocenters. The van der Waals surface area contributed by atoms with Gasteiger partial charge in [0.2, 0.25) is 0 Å². The third-order valence-electron chi connectivity index (χ3n) is 2.28. The zero-order chi connectivity index (χ0) is 19.2. The first kappa shape index (κ1) is 27.2. The molecule has 1 aliphatic rings. The van der Waals surface area contributed by atoms with Crippen LogP contribution in [-0.2, 0) is 14.4 Å². The molecule has 0 unspecified atom stereocenters. The van der Waals surface area contributed by atoms with E-state index in [0.717, 1.165) is 33.9 Å². The highest BCUT2D eigenvalue weighted by molar-refractivity contribution is 5.63. The Kier molecular flexibility index (Phi) is 26.6. The van der Waals surface area contributed by atoms with Crippen LogP contribution in [0.15, 0.2) is 0 Å². The van der Waals surface area contributed by atoms with E-state index >= 15 is 0 Å². The van der Waals surface area contributed by atoms with E-state index < -0.39 is 17.9 Å². The van der Waals surface area contributed by atoms with Gasteiger partial charge in [-0.15, -0.1) is 0 Å². The van der Waals surface area contributed by atoms with Crippen LogP contribution in [0.5, 0.6) is 0 Å². The van der Waals surface area contributed by atoms with Crippen LogP contribution in [0.25, 0.3) is 0 Å².